The number of pyridine rings is 2. The predicted octanol–water partition coefficient (Wildman–Crippen LogP) is 6.66. The van der Waals surface area contributed by atoms with E-state index in [1.165, 1.54) is 24.4 Å². The van der Waals surface area contributed by atoms with Gasteiger partial charge >= 0.3 is 0 Å². The molecule has 7 heteroatoms. The number of fused-ring (bicyclic) bond motifs is 1. The van der Waals surface area contributed by atoms with Gasteiger partial charge in [0, 0.05) is 34.1 Å². The highest BCUT2D eigenvalue weighted by Gasteiger charge is 2.15. The lowest BCUT2D eigenvalue weighted by Gasteiger charge is -2.10. The molecule has 0 aliphatic carbocycles. The molecule has 32 heavy (non-hydrogen) atoms. The van der Waals surface area contributed by atoms with Crippen molar-refractivity contribution >= 4 is 53.0 Å². The van der Waals surface area contributed by atoms with Crippen LogP contribution in [0.25, 0.3) is 22.2 Å². The van der Waals surface area contributed by atoms with Gasteiger partial charge in [0.2, 0.25) is 0 Å². The number of halogens is 2. The maximum absolute atomic E-state index is 14.2. The Balaban J connectivity index is 1.89. The van der Waals surface area contributed by atoms with Gasteiger partial charge in [0.1, 0.15) is 13.1 Å². The molecule has 0 fully saturated rings. The summed E-state index contributed by atoms with van der Waals surface area (Å²) in [5.41, 5.74) is 3.52. The van der Waals surface area contributed by atoms with Crippen LogP contribution in [0.3, 0.4) is 0 Å². The van der Waals surface area contributed by atoms with Crippen LogP contribution in [-0.4, -0.2) is 29.2 Å². The molecule has 2 heterocycles. The van der Waals surface area contributed by atoms with Gasteiger partial charge in [-0.25, -0.2) is 9.37 Å². The molecule has 0 spiro atoms. The SMILES string of the molecule is C=C(C(=N)c1cc(Cl)ccc1F)c1ccc2ncc(/C(C=N)=C/[B]CCC(C)C)cc2n1. The minimum atomic E-state index is -0.542. The Morgan fingerprint density at radius 2 is 2.00 bits per heavy atom. The van der Waals surface area contributed by atoms with Crippen LogP contribution in [0.5, 0.6) is 0 Å². The molecule has 161 valence electrons. The van der Waals surface area contributed by atoms with Gasteiger partial charge in [0.25, 0.3) is 0 Å². The smallest absolute Gasteiger partial charge is 0.142 e. The average Bonchev–Trinajstić information content (AvgIpc) is 2.79. The summed E-state index contributed by atoms with van der Waals surface area (Å²) in [6.07, 6.45) is 5.05. The summed E-state index contributed by atoms with van der Waals surface area (Å²) >= 11 is 5.97. The third-order valence-electron chi connectivity index (χ3n) is 5.04. The Bertz CT molecular complexity index is 1220. The van der Waals surface area contributed by atoms with Crippen molar-refractivity contribution in [1.29, 1.82) is 10.8 Å². The fraction of sp³-hybridized carbons (Fsp3) is 0.200. The predicted molar refractivity (Wildman–Crippen MR) is 134 cm³/mol. The number of hydrogen-bond donors (Lipinski definition) is 2. The zero-order chi connectivity index (χ0) is 23.3. The van der Waals surface area contributed by atoms with E-state index in [2.05, 4.69) is 37.7 Å². The highest BCUT2D eigenvalue weighted by Crippen LogP contribution is 2.24. The number of nitrogens with zero attached hydrogens (tertiary/aromatic N) is 2. The number of nitrogens with one attached hydrogen (secondary N) is 2. The van der Waals surface area contributed by atoms with Gasteiger partial charge in [-0.3, -0.25) is 10.4 Å². The Hall–Kier alpha value is -3.12. The summed E-state index contributed by atoms with van der Waals surface area (Å²) in [5, 5.41) is 16.5. The van der Waals surface area contributed by atoms with Crippen LogP contribution in [0.15, 0.2) is 55.1 Å². The first-order chi connectivity index (χ1) is 15.3. The second kappa shape index (κ2) is 10.5. The van der Waals surface area contributed by atoms with Gasteiger partial charge in [-0.2, -0.15) is 0 Å². The molecule has 1 aromatic carbocycles. The normalized spacial score (nSPS) is 11.6. The van der Waals surface area contributed by atoms with Gasteiger partial charge < -0.3 is 5.41 Å². The molecule has 0 amide bonds. The molecule has 1 radical (unpaired) electrons. The lowest BCUT2D eigenvalue weighted by atomic mass is 9.70. The molecule has 0 bridgehead atoms. The van der Waals surface area contributed by atoms with E-state index in [9.17, 15) is 4.39 Å². The Labute approximate surface area is 193 Å². The largest absolute Gasteiger partial charge is 0.308 e. The Kier molecular flexibility index (Phi) is 7.70. The van der Waals surface area contributed by atoms with Crippen LogP contribution in [-0.2, 0) is 0 Å². The number of hydrogen-bond acceptors (Lipinski definition) is 4. The van der Waals surface area contributed by atoms with Gasteiger partial charge in [0.05, 0.1) is 22.4 Å². The Morgan fingerprint density at radius 1 is 1.22 bits per heavy atom. The fourth-order valence-corrected chi connectivity index (χ4v) is 3.35. The van der Waals surface area contributed by atoms with Crippen LogP contribution in [0.1, 0.15) is 37.1 Å². The van der Waals surface area contributed by atoms with Crippen molar-refractivity contribution in [1.82, 2.24) is 9.97 Å². The molecule has 2 N–H and O–H groups in total. The lowest BCUT2D eigenvalue weighted by Crippen LogP contribution is -2.06. The fourth-order valence-electron chi connectivity index (χ4n) is 3.18. The number of aromatic nitrogens is 2. The summed E-state index contributed by atoms with van der Waals surface area (Å²) in [6.45, 7) is 8.31. The van der Waals surface area contributed by atoms with Crippen LogP contribution < -0.4 is 0 Å². The van der Waals surface area contributed by atoms with Crippen LogP contribution in [0.4, 0.5) is 4.39 Å². The topological polar surface area (TPSA) is 73.5 Å². The number of rotatable bonds is 9. The molecule has 0 saturated carbocycles. The van der Waals surface area contributed by atoms with Gasteiger partial charge in [0.15, 0.2) is 0 Å². The summed E-state index contributed by atoms with van der Waals surface area (Å²) < 4.78 is 14.2. The minimum absolute atomic E-state index is 0.0715. The molecular weight excluding hydrogens is 422 g/mol. The van der Waals surface area contributed by atoms with Crippen molar-refractivity contribution in [2.75, 3.05) is 0 Å². The van der Waals surface area contributed by atoms with E-state index in [-0.39, 0.29) is 16.8 Å². The van der Waals surface area contributed by atoms with E-state index >= 15 is 0 Å². The molecule has 0 saturated heterocycles. The second-order valence-electron chi connectivity index (χ2n) is 7.91. The van der Waals surface area contributed by atoms with Gasteiger partial charge in [-0.15, -0.1) is 5.98 Å². The van der Waals surface area contributed by atoms with E-state index in [1.807, 2.05) is 12.0 Å². The van der Waals surface area contributed by atoms with Gasteiger partial charge in [-0.05, 0) is 47.9 Å². The van der Waals surface area contributed by atoms with Crippen LogP contribution in [0.2, 0.25) is 11.3 Å². The van der Waals surface area contributed by atoms with Crippen molar-refractivity contribution in [3.63, 3.8) is 0 Å². The molecule has 0 aliphatic rings. The molecule has 3 rings (SSSR count). The first kappa shape index (κ1) is 23.5. The van der Waals surface area contributed by atoms with E-state index in [0.717, 1.165) is 23.9 Å². The quantitative estimate of drug-likeness (QED) is 0.219. The molecule has 0 unspecified atom stereocenters. The van der Waals surface area contributed by atoms with Crippen LogP contribution in [0, 0.1) is 22.6 Å². The van der Waals surface area contributed by atoms with E-state index < -0.39 is 5.82 Å². The zero-order valence-corrected chi connectivity index (χ0v) is 18.9. The van der Waals surface area contributed by atoms with Crippen molar-refractivity contribution in [2.24, 2.45) is 5.92 Å². The second-order valence-corrected chi connectivity index (χ2v) is 8.35. The van der Waals surface area contributed by atoms with E-state index in [4.69, 9.17) is 22.4 Å². The first-order valence-corrected chi connectivity index (χ1v) is 10.7. The van der Waals surface area contributed by atoms with E-state index in [1.54, 1.807) is 18.3 Å². The van der Waals surface area contributed by atoms with Crippen molar-refractivity contribution in [3.8, 4) is 0 Å². The van der Waals surface area contributed by atoms with E-state index in [0.29, 0.717) is 27.7 Å². The maximum Gasteiger partial charge on any atom is 0.142 e. The Morgan fingerprint density at radius 3 is 2.72 bits per heavy atom. The van der Waals surface area contributed by atoms with Gasteiger partial charge in [-0.1, -0.05) is 44.8 Å². The first-order valence-electron chi connectivity index (χ1n) is 10.3. The molecule has 0 atom stereocenters. The molecule has 0 aliphatic heterocycles. The number of benzene rings is 1. The van der Waals surface area contributed by atoms with Crippen LogP contribution >= 0.6 is 11.6 Å². The monoisotopic (exact) mass is 445 g/mol. The van der Waals surface area contributed by atoms with Crippen molar-refractivity contribution in [2.45, 2.75) is 26.6 Å². The standard InChI is InChI=1S/C25H24BClFN4/c1-15(2)8-9-26-12-18(13-29)17-10-24-23(31-14-17)7-6-22(32-24)16(3)25(30)20-11-19(27)4-5-21(20)28/h4-7,10-15,29-30H,3,8-9H2,1-2H3/b18-12+,29-13?,30-25?. The van der Waals surface area contributed by atoms with Crippen molar-refractivity contribution < 1.29 is 4.39 Å². The lowest BCUT2D eigenvalue weighted by molar-refractivity contribution is 0.624. The number of allylic oxidation sites excluding steroid dienone is 2. The summed E-state index contributed by atoms with van der Waals surface area (Å²) in [4.78, 5) is 9.05. The highest BCUT2D eigenvalue weighted by atomic mass is 35.5. The zero-order valence-electron chi connectivity index (χ0n) is 18.1. The minimum Gasteiger partial charge on any atom is -0.308 e. The van der Waals surface area contributed by atoms with Crippen molar-refractivity contribution in [3.05, 3.63) is 82.8 Å². The average molecular weight is 446 g/mol. The molecule has 3 aromatic rings. The summed E-state index contributed by atoms with van der Waals surface area (Å²) in [6, 6.07) is 9.43. The molecule has 2 aromatic heterocycles. The molecule has 4 nitrogen and oxygen atoms in total. The third kappa shape index (κ3) is 5.57. The molecular formula is C25H24BClFN4. The summed E-state index contributed by atoms with van der Waals surface area (Å²) in [5.74, 6) is 2.01. The third-order valence-corrected chi connectivity index (χ3v) is 5.28. The summed E-state index contributed by atoms with van der Waals surface area (Å²) in [7, 11) is 2.07. The maximum atomic E-state index is 14.2. The highest BCUT2D eigenvalue weighted by molar-refractivity contribution is 6.45.